The third kappa shape index (κ3) is 5.53. The van der Waals surface area contributed by atoms with Crippen LogP contribution in [0.1, 0.15) is 32.6 Å². The molecule has 0 radical (unpaired) electrons. The van der Waals surface area contributed by atoms with E-state index in [0.717, 1.165) is 29.8 Å². The van der Waals surface area contributed by atoms with Crippen LogP contribution in [0.2, 0.25) is 0 Å². The third-order valence-electron chi connectivity index (χ3n) is 4.02. The average molecular weight is 371 g/mol. The first-order valence-corrected chi connectivity index (χ1v) is 8.39. The van der Waals surface area contributed by atoms with Gasteiger partial charge in [-0.15, -0.1) is 0 Å². The molecule has 0 unspecified atom stereocenters. The number of anilines is 1. The van der Waals surface area contributed by atoms with Crippen molar-refractivity contribution in [1.29, 1.82) is 0 Å². The van der Waals surface area contributed by atoms with E-state index < -0.39 is 0 Å². The standard InChI is InChI=1S/C15H23BrN4O2/c1-11(21)22-10-19-13-5-3-12(4-6-13)9-20(2)15-8-17-14(16)7-18-15/h7-8,12-13,19H,3-6,9-10H2,1-2H3/t12-,13-. The van der Waals surface area contributed by atoms with Crippen LogP contribution < -0.4 is 10.2 Å². The van der Waals surface area contributed by atoms with Crippen molar-refractivity contribution in [2.24, 2.45) is 5.92 Å². The largest absolute Gasteiger partial charge is 0.450 e. The highest BCUT2D eigenvalue weighted by atomic mass is 79.9. The van der Waals surface area contributed by atoms with Gasteiger partial charge in [-0.2, -0.15) is 0 Å². The third-order valence-corrected chi connectivity index (χ3v) is 4.43. The summed E-state index contributed by atoms with van der Waals surface area (Å²) in [6.45, 7) is 2.74. The van der Waals surface area contributed by atoms with Gasteiger partial charge in [0.1, 0.15) is 17.2 Å². The van der Waals surface area contributed by atoms with Gasteiger partial charge in [-0.25, -0.2) is 9.97 Å². The summed E-state index contributed by atoms with van der Waals surface area (Å²) in [7, 11) is 2.06. The number of hydrogen-bond donors (Lipinski definition) is 1. The van der Waals surface area contributed by atoms with Crippen LogP contribution in [0.4, 0.5) is 5.82 Å². The van der Waals surface area contributed by atoms with E-state index in [1.807, 2.05) is 0 Å². The van der Waals surface area contributed by atoms with E-state index >= 15 is 0 Å². The number of carbonyl (C=O) groups is 1. The Hall–Kier alpha value is -1.21. The molecule has 0 aromatic carbocycles. The lowest BCUT2D eigenvalue weighted by Gasteiger charge is -2.31. The van der Waals surface area contributed by atoms with Gasteiger partial charge < -0.3 is 9.64 Å². The minimum absolute atomic E-state index is 0.238. The fraction of sp³-hybridized carbons (Fsp3) is 0.667. The lowest BCUT2D eigenvalue weighted by molar-refractivity contribution is -0.142. The molecule has 1 fully saturated rings. The zero-order valence-corrected chi connectivity index (χ0v) is 14.7. The number of nitrogens with one attached hydrogen (secondary N) is 1. The Morgan fingerprint density at radius 2 is 2.09 bits per heavy atom. The van der Waals surface area contributed by atoms with Crippen molar-refractivity contribution in [3.63, 3.8) is 0 Å². The molecule has 1 aromatic rings. The summed E-state index contributed by atoms with van der Waals surface area (Å²) in [6, 6.07) is 0.452. The van der Waals surface area contributed by atoms with E-state index in [1.165, 1.54) is 19.8 Å². The topological polar surface area (TPSA) is 67.3 Å². The summed E-state index contributed by atoms with van der Waals surface area (Å²) in [5, 5.41) is 3.28. The number of hydrogen-bond acceptors (Lipinski definition) is 6. The van der Waals surface area contributed by atoms with Crippen LogP contribution in [0, 0.1) is 5.92 Å². The number of nitrogens with zero attached hydrogens (tertiary/aromatic N) is 3. The van der Waals surface area contributed by atoms with Crippen molar-refractivity contribution < 1.29 is 9.53 Å². The molecule has 122 valence electrons. The Labute approximate surface area is 139 Å². The Bertz CT molecular complexity index is 475. The summed E-state index contributed by atoms with van der Waals surface area (Å²) in [6.07, 6.45) is 8.09. The smallest absolute Gasteiger partial charge is 0.303 e. The van der Waals surface area contributed by atoms with Crippen LogP contribution in [-0.2, 0) is 9.53 Å². The minimum atomic E-state index is -0.238. The highest BCUT2D eigenvalue weighted by molar-refractivity contribution is 9.10. The fourth-order valence-electron chi connectivity index (χ4n) is 2.79. The maximum absolute atomic E-state index is 10.7. The number of rotatable bonds is 6. The second-order valence-corrected chi connectivity index (χ2v) is 6.59. The van der Waals surface area contributed by atoms with Crippen molar-refractivity contribution in [3.05, 3.63) is 17.0 Å². The highest BCUT2D eigenvalue weighted by Crippen LogP contribution is 2.26. The molecule has 1 heterocycles. The quantitative estimate of drug-likeness (QED) is 0.612. The van der Waals surface area contributed by atoms with Crippen molar-refractivity contribution in [1.82, 2.24) is 15.3 Å². The van der Waals surface area contributed by atoms with Crippen molar-refractivity contribution >= 4 is 27.7 Å². The molecule has 1 aliphatic rings. The van der Waals surface area contributed by atoms with Crippen LogP contribution in [0.15, 0.2) is 17.0 Å². The number of carbonyl (C=O) groups excluding carboxylic acids is 1. The van der Waals surface area contributed by atoms with Gasteiger partial charge in [0.15, 0.2) is 0 Å². The molecule has 0 atom stereocenters. The van der Waals surface area contributed by atoms with Crippen molar-refractivity contribution in [2.45, 2.75) is 38.6 Å². The first kappa shape index (κ1) is 17.1. The van der Waals surface area contributed by atoms with Gasteiger partial charge in [0.25, 0.3) is 0 Å². The lowest BCUT2D eigenvalue weighted by atomic mass is 9.86. The number of ether oxygens (including phenoxy) is 1. The Morgan fingerprint density at radius 1 is 1.36 bits per heavy atom. The van der Waals surface area contributed by atoms with Crippen LogP contribution in [-0.4, -0.2) is 42.3 Å². The molecule has 1 aromatic heterocycles. The predicted molar refractivity (Wildman–Crippen MR) is 88.5 cm³/mol. The Kier molecular flexibility index (Phi) is 6.57. The first-order valence-electron chi connectivity index (χ1n) is 7.60. The lowest BCUT2D eigenvalue weighted by Crippen LogP contribution is -2.37. The number of aromatic nitrogens is 2. The van der Waals surface area contributed by atoms with Crippen molar-refractivity contribution in [3.8, 4) is 0 Å². The van der Waals surface area contributed by atoms with Gasteiger partial charge in [-0.3, -0.25) is 10.1 Å². The molecule has 1 aliphatic carbocycles. The Balaban J connectivity index is 1.70. The van der Waals surface area contributed by atoms with Crippen LogP contribution in [0.3, 0.4) is 0 Å². The maximum atomic E-state index is 10.7. The van der Waals surface area contributed by atoms with Gasteiger partial charge in [0.05, 0.1) is 12.4 Å². The Morgan fingerprint density at radius 3 is 2.68 bits per heavy atom. The van der Waals surface area contributed by atoms with Gasteiger partial charge in [-0.05, 0) is 47.5 Å². The number of halogens is 1. The molecule has 0 saturated heterocycles. The van der Waals surface area contributed by atoms with E-state index in [1.54, 1.807) is 12.4 Å². The molecule has 0 amide bonds. The van der Waals surface area contributed by atoms with Crippen LogP contribution >= 0.6 is 15.9 Å². The highest BCUT2D eigenvalue weighted by Gasteiger charge is 2.22. The van der Waals surface area contributed by atoms with E-state index in [9.17, 15) is 4.79 Å². The molecule has 6 nitrogen and oxygen atoms in total. The van der Waals surface area contributed by atoms with E-state index in [4.69, 9.17) is 4.74 Å². The van der Waals surface area contributed by atoms with Gasteiger partial charge in [-0.1, -0.05) is 0 Å². The molecular weight excluding hydrogens is 348 g/mol. The summed E-state index contributed by atoms with van der Waals surface area (Å²) < 4.78 is 5.68. The SMILES string of the molecule is CC(=O)OCN[C@H]1CC[C@H](CN(C)c2cnc(Br)cn2)CC1. The summed E-state index contributed by atoms with van der Waals surface area (Å²) in [5.74, 6) is 1.33. The summed E-state index contributed by atoms with van der Waals surface area (Å²) >= 11 is 3.30. The van der Waals surface area contributed by atoms with Crippen molar-refractivity contribution in [2.75, 3.05) is 25.2 Å². The average Bonchev–Trinajstić information content (AvgIpc) is 2.49. The minimum Gasteiger partial charge on any atom is -0.450 e. The second kappa shape index (κ2) is 8.43. The number of esters is 1. The van der Waals surface area contributed by atoms with E-state index in [-0.39, 0.29) is 5.97 Å². The van der Waals surface area contributed by atoms with Gasteiger partial charge in [0.2, 0.25) is 0 Å². The predicted octanol–water partition coefficient (Wildman–Crippen LogP) is 2.34. The normalized spacial score (nSPS) is 21.4. The van der Waals surface area contributed by atoms with Crippen LogP contribution in [0.25, 0.3) is 0 Å². The van der Waals surface area contributed by atoms with E-state index in [0.29, 0.717) is 18.7 Å². The fourth-order valence-corrected chi connectivity index (χ4v) is 3.00. The molecule has 0 bridgehead atoms. The molecule has 0 spiro atoms. The molecule has 1 saturated carbocycles. The summed E-state index contributed by atoms with van der Waals surface area (Å²) in [5.41, 5.74) is 0. The van der Waals surface area contributed by atoms with E-state index in [2.05, 4.69) is 43.2 Å². The molecule has 1 N–H and O–H groups in total. The van der Waals surface area contributed by atoms with Gasteiger partial charge >= 0.3 is 5.97 Å². The maximum Gasteiger partial charge on any atom is 0.303 e. The first-order chi connectivity index (χ1) is 10.5. The molecule has 0 aliphatic heterocycles. The zero-order valence-electron chi connectivity index (χ0n) is 13.1. The molecule has 2 rings (SSSR count). The molecular formula is C15H23BrN4O2. The monoisotopic (exact) mass is 370 g/mol. The molecule has 22 heavy (non-hydrogen) atoms. The van der Waals surface area contributed by atoms with Gasteiger partial charge in [0, 0.05) is 26.6 Å². The zero-order chi connectivity index (χ0) is 15.9. The second-order valence-electron chi connectivity index (χ2n) is 5.78. The van der Waals surface area contributed by atoms with Crippen LogP contribution in [0.5, 0.6) is 0 Å². The summed E-state index contributed by atoms with van der Waals surface area (Å²) in [4.78, 5) is 21.5. The molecule has 7 heteroatoms.